The van der Waals surface area contributed by atoms with Crippen LogP contribution < -0.4 is 11.1 Å². The van der Waals surface area contributed by atoms with E-state index in [1.54, 1.807) is 12.5 Å². The number of nitrogens with zero attached hydrogens (tertiary/aromatic N) is 2. The number of imidazole rings is 1. The molecule has 1 aliphatic rings. The van der Waals surface area contributed by atoms with E-state index in [2.05, 4.69) is 10.3 Å². The predicted molar refractivity (Wildman–Crippen MR) is 86.2 cm³/mol. The van der Waals surface area contributed by atoms with Crippen LogP contribution in [0.5, 0.6) is 0 Å². The highest BCUT2D eigenvalue weighted by molar-refractivity contribution is 5.85. The molecule has 1 fully saturated rings. The first kappa shape index (κ1) is 18.0. The summed E-state index contributed by atoms with van der Waals surface area (Å²) in [4.78, 5) is 16.1. The molecule has 2 unspecified atom stereocenters. The zero-order valence-electron chi connectivity index (χ0n) is 12.7. The van der Waals surface area contributed by atoms with E-state index in [0.717, 1.165) is 13.0 Å². The summed E-state index contributed by atoms with van der Waals surface area (Å²) in [5.74, 6) is 0.608. The number of aromatic nitrogens is 2. The molecule has 1 aromatic heterocycles. The Bertz CT molecular complexity index is 404. The van der Waals surface area contributed by atoms with Crippen molar-refractivity contribution in [3.8, 4) is 0 Å². The van der Waals surface area contributed by atoms with E-state index >= 15 is 0 Å². The summed E-state index contributed by atoms with van der Waals surface area (Å²) in [6.07, 6.45) is 12.6. The van der Waals surface area contributed by atoms with Gasteiger partial charge in [0, 0.05) is 25.0 Å². The largest absolute Gasteiger partial charge is 0.351 e. The van der Waals surface area contributed by atoms with Gasteiger partial charge in [0.05, 0.1) is 12.4 Å². The van der Waals surface area contributed by atoms with Crippen molar-refractivity contribution in [2.75, 3.05) is 0 Å². The molecule has 1 saturated carbocycles. The molecule has 3 N–H and O–H groups in total. The molecule has 21 heavy (non-hydrogen) atoms. The number of rotatable bonds is 6. The van der Waals surface area contributed by atoms with Crippen molar-refractivity contribution in [2.45, 2.75) is 64.1 Å². The molecule has 1 heterocycles. The standard InChI is InChI=1S/C15H26N4O.ClH/c1-12(10-19-8-7-17-11-19)18-15(20)14(16)9-13-5-3-2-4-6-13;/h7-8,11-14H,2-6,9-10,16H2,1H3,(H,18,20);1H. The molecule has 6 heteroatoms. The average Bonchev–Trinajstić information content (AvgIpc) is 2.92. The molecule has 2 atom stereocenters. The Balaban J connectivity index is 0.00000220. The van der Waals surface area contributed by atoms with Crippen LogP contribution in [0.1, 0.15) is 45.4 Å². The van der Waals surface area contributed by atoms with Crippen molar-refractivity contribution in [2.24, 2.45) is 11.7 Å². The number of hydrogen-bond acceptors (Lipinski definition) is 3. The number of hydrogen-bond donors (Lipinski definition) is 2. The molecule has 120 valence electrons. The summed E-state index contributed by atoms with van der Waals surface area (Å²) in [7, 11) is 0. The van der Waals surface area contributed by atoms with Gasteiger partial charge < -0.3 is 15.6 Å². The van der Waals surface area contributed by atoms with Gasteiger partial charge in [-0.2, -0.15) is 0 Å². The van der Waals surface area contributed by atoms with E-state index in [4.69, 9.17) is 5.73 Å². The number of nitrogens with two attached hydrogens (primary N) is 1. The van der Waals surface area contributed by atoms with E-state index in [0.29, 0.717) is 5.92 Å². The van der Waals surface area contributed by atoms with Gasteiger partial charge in [0.25, 0.3) is 0 Å². The summed E-state index contributed by atoms with van der Waals surface area (Å²) >= 11 is 0. The highest BCUT2D eigenvalue weighted by Crippen LogP contribution is 2.26. The Hall–Kier alpha value is -1.07. The third kappa shape index (κ3) is 6.06. The minimum Gasteiger partial charge on any atom is -0.351 e. The molecule has 0 saturated heterocycles. The molecule has 0 aliphatic heterocycles. The second-order valence-corrected chi connectivity index (χ2v) is 6.02. The predicted octanol–water partition coefficient (Wildman–Crippen LogP) is 2.11. The second-order valence-electron chi connectivity index (χ2n) is 6.02. The molecule has 1 aliphatic carbocycles. The number of amides is 1. The van der Waals surface area contributed by atoms with E-state index in [1.165, 1.54) is 32.1 Å². The zero-order chi connectivity index (χ0) is 14.4. The van der Waals surface area contributed by atoms with Crippen molar-refractivity contribution in [1.29, 1.82) is 0 Å². The lowest BCUT2D eigenvalue weighted by Gasteiger charge is -2.25. The third-order valence-corrected chi connectivity index (χ3v) is 4.08. The lowest BCUT2D eigenvalue weighted by atomic mass is 9.85. The van der Waals surface area contributed by atoms with Crippen LogP contribution in [0.3, 0.4) is 0 Å². The van der Waals surface area contributed by atoms with Crippen LogP contribution in [0.15, 0.2) is 18.7 Å². The van der Waals surface area contributed by atoms with Gasteiger partial charge in [-0.3, -0.25) is 4.79 Å². The summed E-state index contributed by atoms with van der Waals surface area (Å²) in [6, 6.07) is -0.308. The maximum absolute atomic E-state index is 12.1. The first-order valence-electron chi connectivity index (χ1n) is 7.67. The molecule has 0 bridgehead atoms. The van der Waals surface area contributed by atoms with Gasteiger partial charge in [-0.05, 0) is 19.3 Å². The smallest absolute Gasteiger partial charge is 0.237 e. The highest BCUT2D eigenvalue weighted by Gasteiger charge is 2.22. The van der Waals surface area contributed by atoms with Crippen LogP contribution in [0.25, 0.3) is 0 Å². The van der Waals surface area contributed by atoms with Gasteiger partial charge in [0.2, 0.25) is 5.91 Å². The van der Waals surface area contributed by atoms with E-state index < -0.39 is 0 Å². The van der Waals surface area contributed by atoms with E-state index in [9.17, 15) is 4.79 Å². The maximum atomic E-state index is 12.1. The molecule has 0 aromatic carbocycles. The average molecular weight is 315 g/mol. The minimum atomic E-state index is -0.372. The minimum absolute atomic E-state index is 0. The molecular weight excluding hydrogens is 288 g/mol. The van der Waals surface area contributed by atoms with Crippen molar-refractivity contribution in [3.63, 3.8) is 0 Å². The van der Waals surface area contributed by atoms with Gasteiger partial charge in [-0.1, -0.05) is 32.1 Å². The molecule has 0 radical (unpaired) electrons. The van der Waals surface area contributed by atoms with Crippen molar-refractivity contribution >= 4 is 18.3 Å². The quantitative estimate of drug-likeness (QED) is 0.844. The third-order valence-electron chi connectivity index (χ3n) is 4.08. The Morgan fingerprint density at radius 3 is 2.76 bits per heavy atom. The molecular formula is C15H27ClN4O. The van der Waals surface area contributed by atoms with Crippen molar-refractivity contribution in [1.82, 2.24) is 14.9 Å². The fourth-order valence-corrected chi connectivity index (χ4v) is 3.00. The fourth-order valence-electron chi connectivity index (χ4n) is 3.00. The molecule has 5 nitrogen and oxygen atoms in total. The van der Waals surface area contributed by atoms with Crippen LogP contribution >= 0.6 is 12.4 Å². The molecule has 1 aromatic rings. The lowest BCUT2D eigenvalue weighted by molar-refractivity contribution is -0.123. The van der Waals surface area contributed by atoms with Crippen molar-refractivity contribution in [3.05, 3.63) is 18.7 Å². The summed E-state index contributed by atoms with van der Waals surface area (Å²) in [6.45, 7) is 2.72. The van der Waals surface area contributed by atoms with Crippen molar-refractivity contribution < 1.29 is 4.79 Å². The summed E-state index contributed by atoms with van der Waals surface area (Å²) in [5.41, 5.74) is 6.04. The Labute approximate surface area is 133 Å². The molecule has 0 spiro atoms. The topological polar surface area (TPSA) is 72.9 Å². The van der Waals surface area contributed by atoms with Gasteiger partial charge in [-0.25, -0.2) is 4.98 Å². The Morgan fingerprint density at radius 2 is 2.14 bits per heavy atom. The summed E-state index contributed by atoms with van der Waals surface area (Å²) in [5, 5.41) is 2.99. The normalized spacial score (nSPS) is 18.6. The van der Waals surface area contributed by atoms with Crippen LogP contribution in [-0.2, 0) is 11.3 Å². The number of halogens is 1. The Morgan fingerprint density at radius 1 is 1.43 bits per heavy atom. The van der Waals surface area contributed by atoms with Gasteiger partial charge in [-0.15, -0.1) is 12.4 Å². The monoisotopic (exact) mass is 314 g/mol. The molecule has 2 rings (SSSR count). The highest BCUT2D eigenvalue weighted by atomic mass is 35.5. The van der Waals surface area contributed by atoms with Crippen LogP contribution in [0.2, 0.25) is 0 Å². The fraction of sp³-hybridized carbons (Fsp3) is 0.733. The number of carbonyl (C=O) groups is 1. The zero-order valence-corrected chi connectivity index (χ0v) is 13.5. The van der Waals surface area contributed by atoms with Crippen LogP contribution in [-0.4, -0.2) is 27.5 Å². The summed E-state index contributed by atoms with van der Waals surface area (Å²) < 4.78 is 1.96. The van der Waals surface area contributed by atoms with Crippen LogP contribution in [0, 0.1) is 5.92 Å². The van der Waals surface area contributed by atoms with Gasteiger partial charge in [0.1, 0.15) is 0 Å². The van der Waals surface area contributed by atoms with Crippen LogP contribution in [0.4, 0.5) is 0 Å². The van der Waals surface area contributed by atoms with E-state index in [1.807, 2.05) is 17.7 Å². The maximum Gasteiger partial charge on any atom is 0.237 e. The first-order chi connectivity index (χ1) is 9.65. The molecule has 1 amide bonds. The van der Waals surface area contributed by atoms with Gasteiger partial charge >= 0.3 is 0 Å². The van der Waals surface area contributed by atoms with Gasteiger partial charge in [0.15, 0.2) is 0 Å². The second kappa shape index (κ2) is 9.05. The Kier molecular flexibility index (Phi) is 7.75. The van der Waals surface area contributed by atoms with E-state index in [-0.39, 0.29) is 30.4 Å². The lowest BCUT2D eigenvalue weighted by Crippen LogP contribution is -2.46. The number of carbonyl (C=O) groups excluding carboxylic acids is 1. The first-order valence-corrected chi connectivity index (χ1v) is 7.67. The SMILES string of the molecule is CC(Cn1ccnc1)NC(=O)C(N)CC1CCCCC1.Cl. The number of nitrogens with one attached hydrogen (secondary N) is 1.